The van der Waals surface area contributed by atoms with E-state index < -0.39 is 6.03 Å². The number of rotatable bonds is 4. The minimum Gasteiger partial charge on any atom is -0.396 e. The van der Waals surface area contributed by atoms with E-state index in [1.54, 1.807) is 0 Å². The van der Waals surface area contributed by atoms with E-state index in [0.29, 0.717) is 5.92 Å². The topological polar surface area (TPSA) is 81.7 Å². The zero-order valence-corrected chi connectivity index (χ0v) is 12.0. The van der Waals surface area contributed by atoms with Gasteiger partial charge in [-0.25, -0.2) is 4.79 Å². The Morgan fingerprint density at radius 3 is 2.63 bits per heavy atom. The summed E-state index contributed by atoms with van der Waals surface area (Å²) < 4.78 is 0. The van der Waals surface area contributed by atoms with Crippen LogP contribution in [0.4, 0.5) is 4.79 Å². The normalized spacial score (nSPS) is 20.3. The molecule has 1 heterocycles. The maximum Gasteiger partial charge on any atom is 0.321 e. The SMILES string of the molecule is CC(C)(C)NC(=O)NC(=O)CN1CCC(CCO)C1. The standard InChI is InChI=1S/C13H25N3O3/c1-13(2,3)15-12(19)14-11(18)9-16-6-4-10(8-16)5-7-17/h10,17H,4-9H2,1-3H3,(H2,14,15,18,19). The van der Waals surface area contributed by atoms with Gasteiger partial charge >= 0.3 is 6.03 Å². The van der Waals surface area contributed by atoms with Crippen molar-refractivity contribution in [1.82, 2.24) is 15.5 Å². The maximum absolute atomic E-state index is 11.7. The number of urea groups is 1. The lowest BCUT2D eigenvalue weighted by Crippen LogP contribution is -2.50. The molecule has 1 atom stereocenters. The molecule has 0 saturated carbocycles. The highest BCUT2D eigenvalue weighted by molar-refractivity contribution is 5.95. The Balaban J connectivity index is 2.27. The highest BCUT2D eigenvalue weighted by Crippen LogP contribution is 2.18. The summed E-state index contributed by atoms with van der Waals surface area (Å²) >= 11 is 0. The summed E-state index contributed by atoms with van der Waals surface area (Å²) in [5.41, 5.74) is -0.357. The summed E-state index contributed by atoms with van der Waals surface area (Å²) in [6.45, 7) is 7.66. The van der Waals surface area contributed by atoms with Crippen LogP contribution in [-0.2, 0) is 4.79 Å². The number of nitrogens with one attached hydrogen (secondary N) is 2. The number of amides is 3. The lowest BCUT2D eigenvalue weighted by Gasteiger charge is -2.21. The van der Waals surface area contributed by atoms with Gasteiger partial charge in [0, 0.05) is 18.7 Å². The molecule has 1 unspecified atom stereocenters. The molecule has 0 aliphatic carbocycles. The number of hydrogen-bond acceptors (Lipinski definition) is 4. The van der Waals surface area contributed by atoms with Crippen molar-refractivity contribution in [3.05, 3.63) is 0 Å². The largest absolute Gasteiger partial charge is 0.396 e. The molecule has 1 fully saturated rings. The van der Waals surface area contributed by atoms with Crippen LogP contribution in [0, 0.1) is 5.92 Å². The van der Waals surface area contributed by atoms with Crippen LogP contribution >= 0.6 is 0 Å². The molecule has 0 aromatic heterocycles. The number of likely N-dealkylation sites (tertiary alicyclic amines) is 1. The van der Waals surface area contributed by atoms with Gasteiger partial charge in [0.1, 0.15) is 0 Å². The second kappa shape index (κ2) is 6.86. The highest BCUT2D eigenvalue weighted by atomic mass is 16.3. The van der Waals surface area contributed by atoms with Crippen LogP contribution < -0.4 is 10.6 Å². The first-order chi connectivity index (χ1) is 8.80. The minimum absolute atomic E-state index is 0.193. The van der Waals surface area contributed by atoms with Crippen molar-refractivity contribution in [1.29, 1.82) is 0 Å². The Bertz CT molecular complexity index is 326. The van der Waals surface area contributed by atoms with Crippen molar-refractivity contribution in [3.8, 4) is 0 Å². The van der Waals surface area contributed by atoms with Gasteiger partial charge < -0.3 is 10.4 Å². The average molecular weight is 271 g/mol. The van der Waals surface area contributed by atoms with Crippen molar-refractivity contribution < 1.29 is 14.7 Å². The predicted octanol–water partition coefficient (Wildman–Crippen LogP) is 0.315. The number of nitrogens with zero attached hydrogens (tertiary/aromatic N) is 1. The Labute approximate surface area is 114 Å². The molecule has 0 radical (unpaired) electrons. The van der Waals surface area contributed by atoms with E-state index in [1.807, 2.05) is 25.7 Å². The lowest BCUT2D eigenvalue weighted by atomic mass is 10.1. The van der Waals surface area contributed by atoms with Gasteiger partial charge in [0.25, 0.3) is 0 Å². The van der Waals surface area contributed by atoms with Crippen molar-refractivity contribution in [2.45, 2.75) is 39.2 Å². The third kappa shape index (κ3) is 6.54. The summed E-state index contributed by atoms with van der Waals surface area (Å²) in [4.78, 5) is 25.2. The van der Waals surface area contributed by atoms with E-state index in [1.165, 1.54) is 0 Å². The molecule has 3 amide bonds. The Kier molecular flexibility index (Phi) is 5.75. The van der Waals surface area contributed by atoms with Gasteiger partial charge in [-0.05, 0) is 46.1 Å². The Morgan fingerprint density at radius 2 is 2.05 bits per heavy atom. The fourth-order valence-electron chi connectivity index (χ4n) is 2.22. The number of carbonyl (C=O) groups excluding carboxylic acids is 2. The predicted molar refractivity (Wildman–Crippen MR) is 72.7 cm³/mol. The van der Waals surface area contributed by atoms with Gasteiger partial charge in [0.15, 0.2) is 0 Å². The molecule has 3 N–H and O–H groups in total. The summed E-state index contributed by atoms with van der Waals surface area (Å²) in [6, 6.07) is -0.455. The van der Waals surface area contributed by atoms with Crippen molar-refractivity contribution in [2.24, 2.45) is 5.92 Å². The van der Waals surface area contributed by atoms with Gasteiger partial charge in [-0.15, -0.1) is 0 Å². The average Bonchev–Trinajstić information content (AvgIpc) is 2.62. The van der Waals surface area contributed by atoms with Crippen molar-refractivity contribution >= 4 is 11.9 Å². The minimum atomic E-state index is -0.455. The molecular weight excluding hydrogens is 246 g/mol. The molecule has 0 aromatic rings. The van der Waals surface area contributed by atoms with E-state index in [9.17, 15) is 9.59 Å². The van der Waals surface area contributed by atoms with Crippen LogP contribution in [0.15, 0.2) is 0 Å². The zero-order valence-electron chi connectivity index (χ0n) is 12.0. The van der Waals surface area contributed by atoms with Crippen LogP contribution in [0.3, 0.4) is 0 Å². The van der Waals surface area contributed by atoms with Gasteiger partial charge in [-0.1, -0.05) is 0 Å². The van der Waals surface area contributed by atoms with Gasteiger partial charge in [-0.3, -0.25) is 15.0 Å². The monoisotopic (exact) mass is 271 g/mol. The quantitative estimate of drug-likeness (QED) is 0.687. The van der Waals surface area contributed by atoms with Crippen LogP contribution in [0.25, 0.3) is 0 Å². The van der Waals surface area contributed by atoms with Crippen LogP contribution in [0.2, 0.25) is 0 Å². The van der Waals surface area contributed by atoms with Crippen LogP contribution in [0.1, 0.15) is 33.6 Å². The first-order valence-electron chi connectivity index (χ1n) is 6.75. The Hall–Kier alpha value is -1.14. The second-order valence-electron chi connectivity index (χ2n) is 6.15. The molecule has 19 heavy (non-hydrogen) atoms. The summed E-state index contributed by atoms with van der Waals surface area (Å²) in [5.74, 6) is 0.174. The molecule has 0 aromatic carbocycles. The summed E-state index contributed by atoms with van der Waals surface area (Å²) in [6.07, 6.45) is 1.78. The van der Waals surface area contributed by atoms with E-state index in [4.69, 9.17) is 5.11 Å². The number of carbonyl (C=O) groups is 2. The third-order valence-electron chi connectivity index (χ3n) is 3.02. The van der Waals surface area contributed by atoms with Gasteiger partial charge in [0.05, 0.1) is 6.54 Å². The molecule has 0 spiro atoms. The summed E-state index contributed by atoms with van der Waals surface area (Å²) in [5, 5.41) is 13.9. The van der Waals surface area contributed by atoms with E-state index >= 15 is 0 Å². The van der Waals surface area contributed by atoms with Gasteiger partial charge in [0.2, 0.25) is 5.91 Å². The molecule has 1 saturated heterocycles. The fourth-order valence-corrected chi connectivity index (χ4v) is 2.22. The molecular formula is C13H25N3O3. The van der Waals surface area contributed by atoms with Crippen LogP contribution in [-0.4, -0.2) is 53.7 Å². The fraction of sp³-hybridized carbons (Fsp3) is 0.846. The lowest BCUT2D eigenvalue weighted by molar-refractivity contribution is -0.120. The molecule has 1 aliphatic heterocycles. The number of hydrogen-bond donors (Lipinski definition) is 3. The summed E-state index contributed by atoms with van der Waals surface area (Å²) in [7, 11) is 0. The number of imide groups is 1. The van der Waals surface area contributed by atoms with Gasteiger partial charge in [-0.2, -0.15) is 0 Å². The molecule has 6 heteroatoms. The second-order valence-corrected chi connectivity index (χ2v) is 6.15. The maximum atomic E-state index is 11.7. The first kappa shape index (κ1) is 15.9. The smallest absolute Gasteiger partial charge is 0.321 e. The van der Waals surface area contributed by atoms with Crippen molar-refractivity contribution in [3.63, 3.8) is 0 Å². The van der Waals surface area contributed by atoms with Crippen molar-refractivity contribution in [2.75, 3.05) is 26.2 Å². The number of aliphatic hydroxyl groups is 1. The van der Waals surface area contributed by atoms with Crippen LogP contribution in [0.5, 0.6) is 0 Å². The molecule has 110 valence electrons. The van der Waals surface area contributed by atoms with E-state index in [-0.39, 0.29) is 24.6 Å². The molecule has 1 rings (SSSR count). The zero-order chi connectivity index (χ0) is 14.5. The third-order valence-corrected chi connectivity index (χ3v) is 3.02. The van der Waals surface area contributed by atoms with E-state index in [0.717, 1.165) is 25.9 Å². The first-order valence-corrected chi connectivity index (χ1v) is 6.75. The Morgan fingerprint density at radius 1 is 1.37 bits per heavy atom. The molecule has 6 nitrogen and oxygen atoms in total. The number of aliphatic hydroxyl groups excluding tert-OH is 1. The van der Waals surface area contributed by atoms with E-state index in [2.05, 4.69) is 10.6 Å². The molecule has 1 aliphatic rings. The highest BCUT2D eigenvalue weighted by Gasteiger charge is 2.24. The molecule has 0 bridgehead atoms.